The average molecular weight is 572 g/mol. The number of nitrogens with zero attached hydrogens (tertiary/aromatic N) is 5. The molecule has 0 fully saturated rings. The number of fused-ring (bicyclic) bond motifs is 3. The molecule has 0 spiro atoms. The number of tetrazole rings is 1. The lowest BCUT2D eigenvalue weighted by Gasteiger charge is -2.29. The quantitative estimate of drug-likeness (QED) is 0.326. The second-order valence-corrected chi connectivity index (χ2v) is 9.95. The first-order valence-corrected chi connectivity index (χ1v) is 12.4. The van der Waals surface area contributed by atoms with Crippen LogP contribution in [0.4, 0.5) is 17.6 Å². The number of amides is 2. The molecule has 3 heterocycles. The van der Waals surface area contributed by atoms with E-state index >= 15 is 0 Å². The van der Waals surface area contributed by atoms with Crippen molar-refractivity contribution in [1.82, 2.24) is 30.1 Å². The number of methoxy groups -OCH3 is 1. The summed E-state index contributed by atoms with van der Waals surface area (Å²) in [6.45, 7) is 1.22. The van der Waals surface area contributed by atoms with E-state index in [4.69, 9.17) is 10.5 Å². The van der Waals surface area contributed by atoms with Crippen molar-refractivity contribution >= 4 is 11.8 Å². The Morgan fingerprint density at radius 2 is 1.80 bits per heavy atom. The number of benzene rings is 2. The zero-order chi connectivity index (χ0) is 29.7. The van der Waals surface area contributed by atoms with Crippen molar-refractivity contribution in [3.8, 4) is 39.5 Å². The molecule has 0 radical (unpaired) electrons. The highest BCUT2D eigenvalue weighted by Crippen LogP contribution is 2.44. The Bertz CT molecular complexity index is 1660. The lowest BCUT2D eigenvalue weighted by Crippen LogP contribution is -2.57. The van der Waals surface area contributed by atoms with E-state index in [1.807, 2.05) is 6.07 Å². The molecule has 1 aliphatic rings. The van der Waals surface area contributed by atoms with Crippen molar-refractivity contribution in [1.29, 1.82) is 0 Å². The average Bonchev–Trinajstić information content (AvgIpc) is 3.51. The molecule has 0 aliphatic carbocycles. The Labute approximate surface area is 231 Å². The first kappa shape index (κ1) is 27.8. The number of ether oxygens (including phenoxy) is 1. The number of hydrogen-bond donors (Lipinski definition) is 2. The largest absolute Gasteiger partial charge is 0.496 e. The molecule has 4 aromatic rings. The van der Waals surface area contributed by atoms with Crippen molar-refractivity contribution < 1.29 is 31.9 Å². The predicted octanol–water partition coefficient (Wildman–Crippen LogP) is 3.64. The van der Waals surface area contributed by atoms with Crippen LogP contribution in [0.25, 0.3) is 33.8 Å². The molecule has 10 nitrogen and oxygen atoms in total. The molecule has 5 rings (SSSR count). The van der Waals surface area contributed by atoms with E-state index in [0.717, 1.165) is 12.5 Å². The van der Waals surface area contributed by atoms with Crippen molar-refractivity contribution in [3.05, 3.63) is 59.5 Å². The third-order valence-corrected chi connectivity index (χ3v) is 7.01. The molecular formula is C27H25F4N7O3. The van der Waals surface area contributed by atoms with E-state index in [0.29, 0.717) is 45.9 Å². The van der Waals surface area contributed by atoms with Crippen LogP contribution in [-0.2, 0) is 24.8 Å². The SMILES string of the molecule is COc1cc2c(cc1-c1nnn(C)n1)-c1c(-c3ccc(F)cc3)cc(C(=O)N[C@@](C)(CC(F)(F)F)C(N)=O)n1CC2. The zero-order valence-corrected chi connectivity index (χ0v) is 22.2. The number of hydrogen-bond acceptors (Lipinski definition) is 6. The molecule has 2 aromatic carbocycles. The highest BCUT2D eigenvalue weighted by atomic mass is 19.4. The van der Waals surface area contributed by atoms with Gasteiger partial charge in [-0.15, -0.1) is 10.2 Å². The second kappa shape index (κ2) is 10.0. The number of carbonyl (C=O) groups is 2. The highest BCUT2D eigenvalue weighted by molar-refractivity contribution is 6.01. The van der Waals surface area contributed by atoms with Gasteiger partial charge in [-0.1, -0.05) is 12.1 Å². The first-order chi connectivity index (χ1) is 19.3. The maximum absolute atomic E-state index is 13.8. The number of aromatic nitrogens is 5. The summed E-state index contributed by atoms with van der Waals surface area (Å²) in [6, 6.07) is 10.7. The fourth-order valence-corrected chi connectivity index (χ4v) is 5.03. The summed E-state index contributed by atoms with van der Waals surface area (Å²) in [4.78, 5) is 26.8. The molecule has 1 atom stereocenters. The normalized spacial score (nSPS) is 14.1. The van der Waals surface area contributed by atoms with Gasteiger partial charge in [-0.25, -0.2) is 4.39 Å². The van der Waals surface area contributed by atoms with Crippen LogP contribution in [0.3, 0.4) is 0 Å². The summed E-state index contributed by atoms with van der Waals surface area (Å²) < 4.78 is 60.9. The number of carbonyl (C=O) groups excluding carboxylic acids is 2. The number of nitrogens with two attached hydrogens (primary N) is 1. The van der Waals surface area contributed by atoms with E-state index in [9.17, 15) is 27.2 Å². The predicted molar refractivity (Wildman–Crippen MR) is 139 cm³/mol. The molecule has 2 amide bonds. The lowest BCUT2D eigenvalue weighted by atomic mass is 9.91. The van der Waals surface area contributed by atoms with E-state index < -0.39 is 35.8 Å². The molecule has 3 N–H and O–H groups in total. The van der Waals surface area contributed by atoms with E-state index in [-0.39, 0.29) is 12.2 Å². The number of nitrogens with one attached hydrogen (secondary N) is 1. The van der Waals surface area contributed by atoms with Crippen LogP contribution < -0.4 is 15.8 Å². The third kappa shape index (κ3) is 5.24. The van der Waals surface area contributed by atoms with Gasteiger partial charge >= 0.3 is 6.18 Å². The number of halogens is 4. The molecule has 2 aromatic heterocycles. The van der Waals surface area contributed by atoms with Crippen LogP contribution in [0.5, 0.6) is 5.75 Å². The fourth-order valence-electron chi connectivity index (χ4n) is 5.03. The maximum atomic E-state index is 13.8. The summed E-state index contributed by atoms with van der Waals surface area (Å²) in [5.41, 5.74) is 6.64. The van der Waals surface area contributed by atoms with Crippen LogP contribution in [0, 0.1) is 5.82 Å². The van der Waals surface area contributed by atoms with Gasteiger partial charge in [0.05, 0.1) is 31.8 Å². The molecule has 214 valence electrons. The van der Waals surface area contributed by atoms with Crippen molar-refractivity contribution in [2.45, 2.75) is 38.0 Å². The van der Waals surface area contributed by atoms with Crippen LogP contribution in [0.2, 0.25) is 0 Å². The molecule has 0 saturated carbocycles. The molecule has 0 unspecified atom stereocenters. The van der Waals surface area contributed by atoms with Crippen LogP contribution in [0.1, 0.15) is 29.4 Å². The smallest absolute Gasteiger partial charge is 0.391 e. The van der Waals surface area contributed by atoms with E-state index in [1.54, 1.807) is 17.7 Å². The van der Waals surface area contributed by atoms with Crippen LogP contribution in [0.15, 0.2) is 42.5 Å². The number of primary amides is 1. The molecule has 0 bridgehead atoms. The lowest BCUT2D eigenvalue weighted by molar-refractivity contribution is -0.156. The zero-order valence-electron chi connectivity index (χ0n) is 22.2. The van der Waals surface area contributed by atoms with Crippen LogP contribution in [-0.4, -0.2) is 55.4 Å². The first-order valence-electron chi connectivity index (χ1n) is 12.4. The van der Waals surface area contributed by atoms with Gasteiger partial charge in [-0.2, -0.15) is 18.0 Å². The van der Waals surface area contributed by atoms with Gasteiger partial charge in [0.1, 0.15) is 22.8 Å². The minimum absolute atomic E-state index is 0.00891. The van der Waals surface area contributed by atoms with Gasteiger partial charge in [-0.05, 0) is 60.0 Å². The van der Waals surface area contributed by atoms with Crippen molar-refractivity contribution in [2.75, 3.05) is 7.11 Å². The fraction of sp³-hybridized carbons (Fsp3) is 0.296. The number of alkyl halides is 3. The van der Waals surface area contributed by atoms with Gasteiger partial charge in [0.2, 0.25) is 11.7 Å². The highest BCUT2D eigenvalue weighted by Gasteiger charge is 2.45. The van der Waals surface area contributed by atoms with Gasteiger partial charge in [0.25, 0.3) is 5.91 Å². The van der Waals surface area contributed by atoms with Crippen molar-refractivity contribution in [2.24, 2.45) is 12.8 Å². The molecular weight excluding hydrogens is 546 g/mol. The standard InChI is InChI=1S/C27H25F4N7O3/c1-26(25(32)40,13-27(29,30)31)33-24(39)20-12-18(14-4-6-16(28)7-5-14)22-17-11-19(23-34-36-37(2)35-23)21(41-3)10-15(17)8-9-38(20)22/h4-7,10-12H,8-9,13H2,1-3H3,(H2,32,40)(H,33,39)/t26-/m0/s1. The molecule has 41 heavy (non-hydrogen) atoms. The monoisotopic (exact) mass is 571 g/mol. The van der Waals surface area contributed by atoms with Crippen LogP contribution >= 0.6 is 0 Å². The van der Waals surface area contributed by atoms with Gasteiger partial charge < -0.3 is 20.4 Å². The minimum Gasteiger partial charge on any atom is -0.496 e. The van der Waals surface area contributed by atoms with Gasteiger partial charge in [0, 0.05) is 17.7 Å². The summed E-state index contributed by atoms with van der Waals surface area (Å²) >= 11 is 0. The van der Waals surface area contributed by atoms with Gasteiger partial charge in [-0.3, -0.25) is 9.59 Å². The Morgan fingerprint density at radius 1 is 1.10 bits per heavy atom. The topological polar surface area (TPSA) is 130 Å². The Morgan fingerprint density at radius 3 is 2.39 bits per heavy atom. The summed E-state index contributed by atoms with van der Waals surface area (Å²) in [5, 5.41) is 14.4. The summed E-state index contributed by atoms with van der Waals surface area (Å²) in [7, 11) is 3.12. The Balaban J connectivity index is 1.69. The number of aryl methyl sites for hydroxylation is 2. The molecule has 0 saturated heterocycles. The molecule has 1 aliphatic heterocycles. The minimum atomic E-state index is -4.77. The summed E-state index contributed by atoms with van der Waals surface area (Å²) in [5.74, 6) is -1.92. The summed E-state index contributed by atoms with van der Waals surface area (Å²) in [6.07, 6.45) is -5.96. The van der Waals surface area contributed by atoms with Gasteiger partial charge in [0.15, 0.2) is 0 Å². The Hall–Kier alpha value is -4.75. The third-order valence-electron chi connectivity index (χ3n) is 7.01. The maximum Gasteiger partial charge on any atom is 0.391 e. The van der Waals surface area contributed by atoms with E-state index in [1.165, 1.54) is 42.2 Å². The van der Waals surface area contributed by atoms with Crippen molar-refractivity contribution in [3.63, 3.8) is 0 Å². The number of rotatable bonds is 7. The van der Waals surface area contributed by atoms with E-state index in [2.05, 4.69) is 20.7 Å². The second-order valence-electron chi connectivity index (χ2n) is 9.95. The Kier molecular flexibility index (Phi) is 6.79. The molecule has 14 heteroatoms.